The number of carbonyl (C=O) groups excluding carboxylic acids is 4. The molecule has 0 aromatic heterocycles. The maximum Gasteiger partial charge on any atom is 0.244 e. The summed E-state index contributed by atoms with van der Waals surface area (Å²) in [5.74, 6) is -1.03. The Balaban J connectivity index is 1.69. The van der Waals surface area contributed by atoms with Crippen LogP contribution in [0.2, 0.25) is 0 Å². The molecule has 0 radical (unpaired) electrons. The van der Waals surface area contributed by atoms with Gasteiger partial charge in [0.25, 0.3) is 0 Å². The van der Waals surface area contributed by atoms with Gasteiger partial charge in [0, 0.05) is 32.4 Å². The number of nitriles is 1. The predicted molar refractivity (Wildman–Crippen MR) is 113 cm³/mol. The van der Waals surface area contributed by atoms with Crippen molar-refractivity contribution < 1.29 is 19.2 Å². The number of carbonyl (C=O) groups is 4. The molecule has 5 atom stereocenters. The maximum atomic E-state index is 13.2. The van der Waals surface area contributed by atoms with Crippen molar-refractivity contribution in [1.82, 2.24) is 15.1 Å². The number of likely N-dealkylation sites (tertiary alicyclic amines) is 2. The molecule has 31 heavy (non-hydrogen) atoms. The van der Waals surface area contributed by atoms with Crippen LogP contribution in [0.25, 0.3) is 0 Å². The molecule has 8 heteroatoms. The fourth-order valence-corrected chi connectivity index (χ4v) is 5.35. The highest BCUT2D eigenvalue weighted by molar-refractivity contribution is 5.97. The number of fused-ring (bicyclic) bond motifs is 1. The summed E-state index contributed by atoms with van der Waals surface area (Å²) in [5.41, 5.74) is -0.187. The number of imide groups is 1. The number of nitrogens with one attached hydrogen (secondary N) is 1. The van der Waals surface area contributed by atoms with Crippen LogP contribution in [0, 0.1) is 39.9 Å². The van der Waals surface area contributed by atoms with Crippen molar-refractivity contribution in [2.75, 3.05) is 13.1 Å². The minimum Gasteiger partial charge on any atom is -0.339 e. The van der Waals surface area contributed by atoms with Gasteiger partial charge in [0.1, 0.15) is 12.1 Å². The lowest BCUT2D eigenvalue weighted by atomic mass is 9.90. The Bertz CT molecular complexity index is 837. The van der Waals surface area contributed by atoms with Gasteiger partial charge in [-0.1, -0.05) is 34.6 Å². The molecule has 2 saturated heterocycles. The lowest BCUT2D eigenvalue weighted by molar-refractivity contribution is -0.142. The Morgan fingerprint density at radius 1 is 1.29 bits per heavy atom. The minimum atomic E-state index is -0.839. The molecule has 0 spiro atoms. The Labute approximate surface area is 184 Å². The largest absolute Gasteiger partial charge is 0.339 e. The first kappa shape index (κ1) is 23.2. The first-order valence-corrected chi connectivity index (χ1v) is 11.1. The third-order valence-electron chi connectivity index (χ3n) is 7.17. The number of amides is 4. The summed E-state index contributed by atoms with van der Waals surface area (Å²) < 4.78 is 0. The second kappa shape index (κ2) is 7.92. The third-order valence-corrected chi connectivity index (χ3v) is 7.17. The molecular weight excluding hydrogens is 396 g/mol. The number of hydrogen-bond donors (Lipinski definition) is 1. The van der Waals surface area contributed by atoms with Crippen molar-refractivity contribution in [2.24, 2.45) is 28.6 Å². The van der Waals surface area contributed by atoms with Crippen LogP contribution in [0.5, 0.6) is 0 Å². The van der Waals surface area contributed by atoms with E-state index in [1.165, 1.54) is 11.8 Å². The van der Waals surface area contributed by atoms with E-state index < -0.39 is 18.0 Å². The van der Waals surface area contributed by atoms with E-state index in [2.05, 4.69) is 25.2 Å². The van der Waals surface area contributed by atoms with E-state index in [1.54, 1.807) is 4.90 Å². The van der Waals surface area contributed by atoms with Gasteiger partial charge in [-0.2, -0.15) is 5.26 Å². The summed E-state index contributed by atoms with van der Waals surface area (Å²) in [6.07, 6.45) is 1.02. The van der Waals surface area contributed by atoms with E-state index in [4.69, 9.17) is 0 Å². The summed E-state index contributed by atoms with van der Waals surface area (Å²) in [5, 5.41) is 12.4. The van der Waals surface area contributed by atoms with Crippen molar-refractivity contribution >= 4 is 23.6 Å². The Morgan fingerprint density at radius 2 is 1.94 bits per heavy atom. The molecule has 2 heterocycles. The highest BCUT2D eigenvalue weighted by Crippen LogP contribution is 2.65. The molecule has 2 aliphatic heterocycles. The van der Waals surface area contributed by atoms with Crippen molar-refractivity contribution in [2.45, 2.75) is 72.9 Å². The molecule has 1 aliphatic carbocycles. The molecule has 3 rings (SSSR count). The highest BCUT2D eigenvalue weighted by Gasteiger charge is 2.69. The first-order chi connectivity index (χ1) is 14.3. The first-order valence-electron chi connectivity index (χ1n) is 11.1. The molecule has 4 amide bonds. The predicted octanol–water partition coefficient (Wildman–Crippen LogP) is 1.70. The van der Waals surface area contributed by atoms with Gasteiger partial charge >= 0.3 is 0 Å². The molecule has 1 N–H and O–H groups in total. The van der Waals surface area contributed by atoms with E-state index >= 15 is 0 Å². The van der Waals surface area contributed by atoms with Gasteiger partial charge in [0.05, 0.1) is 6.07 Å². The summed E-state index contributed by atoms with van der Waals surface area (Å²) >= 11 is 0. The second-order valence-corrected chi connectivity index (χ2v) is 11.1. The van der Waals surface area contributed by atoms with Gasteiger partial charge in [-0.05, 0) is 35.5 Å². The third kappa shape index (κ3) is 4.46. The van der Waals surface area contributed by atoms with Crippen LogP contribution < -0.4 is 5.32 Å². The molecule has 0 bridgehead atoms. The molecule has 0 unspecified atom stereocenters. The zero-order valence-electron chi connectivity index (χ0n) is 19.4. The maximum absolute atomic E-state index is 13.2. The summed E-state index contributed by atoms with van der Waals surface area (Å²) in [4.78, 5) is 53.0. The van der Waals surface area contributed by atoms with Crippen LogP contribution in [0.4, 0.5) is 0 Å². The van der Waals surface area contributed by atoms with Gasteiger partial charge < -0.3 is 10.2 Å². The lowest BCUT2D eigenvalue weighted by Gasteiger charge is -2.32. The van der Waals surface area contributed by atoms with E-state index in [1.807, 2.05) is 20.8 Å². The van der Waals surface area contributed by atoms with Gasteiger partial charge in [-0.3, -0.25) is 24.1 Å². The van der Waals surface area contributed by atoms with Crippen LogP contribution in [0.1, 0.15) is 60.8 Å². The quantitative estimate of drug-likeness (QED) is 0.714. The zero-order chi connectivity index (χ0) is 23.3. The Hall–Kier alpha value is -2.43. The van der Waals surface area contributed by atoms with Crippen molar-refractivity contribution in [1.29, 1.82) is 5.26 Å². The monoisotopic (exact) mass is 430 g/mol. The van der Waals surface area contributed by atoms with Crippen LogP contribution in [0.15, 0.2) is 0 Å². The van der Waals surface area contributed by atoms with Crippen LogP contribution >= 0.6 is 0 Å². The van der Waals surface area contributed by atoms with E-state index in [0.29, 0.717) is 25.9 Å². The number of nitrogens with zero attached hydrogens (tertiary/aromatic N) is 3. The van der Waals surface area contributed by atoms with Crippen molar-refractivity contribution in [3.63, 3.8) is 0 Å². The van der Waals surface area contributed by atoms with Crippen molar-refractivity contribution in [3.8, 4) is 6.07 Å². The Kier molecular flexibility index (Phi) is 5.94. The molecule has 1 saturated carbocycles. The fraction of sp³-hybridized carbons (Fsp3) is 0.783. The van der Waals surface area contributed by atoms with Gasteiger partial charge in [-0.15, -0.1) is 0 Å². The van der Waals surface area contributed by atoms with E-state index in [-0.39, 0.29) is 52.7 Å². The average molecular weight is 431 g/mol. The zero-order valence-corrected chi connectivity index (χ0v) is 19.4. The molecular formula is C23H34N4O4. The molecule has 3 aliphatic rings. The molecule has 8 nitrogen and oxygen atoms in total. The summed E-state index contributed by atoms with van der Waals surface area (Å²) in [6.45, 7) is 12.5. The Morgan fingerprint density at radius 3 is 2.45 bits per heavy atom. The van der Waals surface area contributed by atoms with Gasteiger partial charge in [-0.25, -0.2) is 0 Å². The standard InChI is InChI=1S/C23H34N4O4/c1-13(28)26-8-7-14(21(26)31)9-15(11-24)25-20(30)19-18-16(23(18,5)6)12-27(19)17(29)10-22(2,3)4/h14-16,18-19H,7-10,12H2,1-6H3,(H,25,30)/t14-,15-,16-,18-,19-/m0/s1. The lowest BCUT2D eigenvalue weighted by Crippen LogP contribution is -2.52. The van der Waals surface area contributed by atoms with Gasteiger partial charge in [0.15, 0.2) is 0 Å². The molecule has 0 aromatic carbocycles. The smallest absolute Gasteiger partial charge is 0.244 e. The minimum absolute atomic E-state index is 0.00787. The van der Waals surface area contributed by atoms with Crippen molar-refractivity contribution in [3.05, 3.63) is 0 Å². The van der Waals surface area contributed by atoms with Crippen LogP contribution in [-0.4, -0.2) is 58.6 Å². The second-order valence-electron chi connectivity index (χ2n) is 11.1. The average Bonchev–Trinajstić information content (AvgIpc) is 3.00. The normalized spacial score (nSPS) is 29.9. The molecule has 3 fully saturated rings. The number of piperidine rings is 1. The number of hydrogen-bond acceptors (Lipinski definition) is 5. The van der Waals surface area contributed by atoms with Crippen LogP contribution in [-0.2, 0) is 19.2 Å². The van der Waals surface area contributed by atoms with E-state index in [0.717, 1.165) is 0 Å². The number of rotatable bonds is 5. The highest BCUT2D eigenvalue weighted by atomic mass is 16.2. The van der Waals surface area contributed by atoms with E-state index in [9.17, 15) is 24.4 Å². The van der Waals surface area contributed by atoms with Crippen LogP contribution in [0.3, 0.4) is 0 Å². The summed E-state index contributed by atoms with van der Waals surface area (Å²) in [6, 6.07) is 0.665. The SMILES string of the molecule is CC(=O)N1CC[C@@H](C[C@@H](C#N)NC(=O)[C@@H]2[C@@H]3[C@H](CN2C(=O)CC(C)(C)C)C3(C)C)C1=O. The molecule has 170 valence electrons. The topological polar surface area (TPSA) is 111 Å². The van der Waals surface area contributed by atoms with Gasteiger partial charge in [0.2, 0.25) is 23.6 Å². The summed E-state index contributed by atoms with van der Waals surface area (Å²) in [7, 11) is 0. The molecule has 0 aromatic rings. The fourth-order valence-electron chi connectivity index (χ4n) is 5.35.